The van der Waals surface area contributed by atoms with Crippen molar-refractivity contribution in [2.75, 3.05) is 16.2 Å². The van der Waals surface area contributed by atoms with E-state index in [1.54, 1.807) is 36.4 Å². The largest absolute Gasteiger partial charge is 0.488 e. The molecule has 0 aliphatic rings. The van der Waals surface area contributed by atoms with Gasteiger partial charge in [0.25, 0.3) is 15.9 Å². The summed E-state index contributed by atoms with van der Waals surface area (Å²) in [6.07, 6.45) is 2.75. The molecule has 190 valence electrons. The van der Waals surface area contributed by atoms with E-state index >= 15 is 0 Å². The van der Waals surface area contributed by atoms with Crippen LogP contribution in [-0.2, 0) is 14.8 Å². The average Bonchev–Trinajstić information content (AvgIpc) is 2.92. The third-order valence-corrected chi connectivity index (χ3v) is 6.44. The summed E-state index contributed by atoms with van der Waals surface area (Å²) in [4.78, 5) is 15.0. The Morgan fingerprint density at radius 3 is 2.35 bits per heavy atom. The van der Waals surface area contributed by atoms with E-state index in [0.29, 0.717) is 27.1 Å². The highest BCUT2D eigenvalue weighted by atomic mass is 32.2. The smallest absolute Gasteiger partial charge is 0.277 e. The molecule has 0 spiro atoms. The zero-order valence-electron chi connectivity index (χ0n) is 19.2. The Morgan fingerprint density at radius 2 is 1.70 bits per heavy atom. The Balaban J connectivity index is 1.69. The van der Waals surface area contributed by atoms with Gasteiger partial charge in [0.2, 0.25) is 0 Å². The highest BCUT2D eigenvalue weighted by Crippen LogP contribution is 2.27. The van der Waals surface area contributed by atoms with Crippen LogP contribution in [0.2, 0.25) is 0 Å². The van der Waals surface area contributed by atoms with Crippen molar-refractivity contribution >= 4 is 39.1 Å². The van der Waals surface area contributed by atoms with Crippen LogP contribution in [-0.4, -0.2) is 21.1 Å². The Hall–Kier alpha value is -4.95. The van der Waals surface area contributed by atoms with Gasteiger partial charge < -0.3 is 10.6 Å². The SMILES string of the molecule is [N-]=[N+]=NCOc1ccc(S(=O)(=O)N(N)c2ccc(/C=C/C(=O)N(N)c3ccccc3N=NN)cc2)cc1. The number of para-hydroxylation sites is 1. The molecule has 14 nitrogen and oxygen atoms in total. The fourth-order valence-electron chi connectivity index (χ4n) is 3.00. The summed E-state index contributed by atoms with van der Waals surface area (Å²) in [5, 5.41) is 11.1. The number of nitrogens with zero attached hydrogens (tertiary/aromatic N) is 7. The summed E-state index contributed by atoms with van der Waals surface area (Å²) >= 11 is 0. The molecule has 0 saturated heterocycles. The van der Waals surface area contributed by atoms with Gasteiger partial charge in [0.05, 0.1) is 16.3 Å². The van der Waals surface area contributed by atoms with Crippen LogP contribution in [0.3, 0.4) is 0 Å². The van der Waals surface area contributed by atoms with E-state index in [1.807, 2.05) is 0 Å². The fraction of sp³-hybridized carbons (Fsp3) is 0.0455. The van der Waals surface area contributed by atoms with Crippen LogP contribution < -0.4 is 31.7 Å². The number of anilines is 2. The van der Waals surface area contributed by atoms with Crippen LogP contribution >= 0.6 is 0 Å². The van der Waals surface area contributed by atoms with Crippen molar-refractivity contribution in [2.45, 2.75) is 4.90 Å². The second-order valence-corrected chi connectivity index (χ2v) is 8.93. The van der Waals surface area contributed by atoms with Gasteiger partial charge in [-0.05, 0) is 65.7 Å². The van der Waals surface area contributed by atoms with Gasteiger partial charge >= 0.3 is 0 Å². The van der Waals surface area contributed by atoms with Crippen LogP contribution in [0.4, 0.5) is 17.1 Å². The number of benzene rings is 3. The zero-order valence-corrected chi connectivity index (χ0v) is 20.0. The van der Waals surface area contributed by atoms with Crippen LogP contribution in [0.1, 0.15) is 5.56 Å². The first-order valence-electron chi connectivity index (χ1n) is 10.4. The van der Waals surface area contributed by atoms with Crippen LogP contribution in [0, 0.1) is 0 Å². The lowest BCUT2D eigenvalue weighted by Gasteiger charge is -2.19. The number of nitrogens with two attached hydrogens (primary N) is 3. The van der Waals surface area contributed by atoms with Crippen LogP contribution in [0.25, 0.3) is 16.5 Å². The molecule has 3 aromatic carbocycles. The van der Waals surface area contributed by atoms with Crippen LogP contribution in [0.5, 0.6) is 5.75 Å². The maximum absolute atomic E-state index is 12.9. The van der Waals surface area contributed by atoms with E-state index in [0.717, 1.165) is 5.01 Å². The topological polar surface area (TPSA) is 218 Å². The van der Waals surface area contributed by atoms with E-state index in [4.69, 9.17) is 27.8 Å². The Labute approximate surface area is 211 Å². The first-order valence-corrected chi connectivity index (χ1v) is 11.8. The normalized spacial score (nSPS) is 11.3. The minimum atomic E-state index is -4.07. The molecule has 0 atom stereocenters. The first kappa shape index (κ1) is 26.7. The molecule has 0 aliphatic heterocycles. The van der Waals surface area contributed by atoms with Gasteiger partial charge in [0.1, 0.15) is 11.4 Å². The lowest BCUT2D eigenvalue weighted by atomic mass is 10.2. The number of carbonyl (C=O) groups is 1. The minimum absolute atomic E-state index is 0.0711. The predicted molar refractivity (Wildman–Crippen MR) is 137 cm³/mol. The number of ether oxygens (including phenoxy) is 1. The van der Waals surface area contributed by atoms with Gasteiger partial charge in [0.15, 0.2) is 6.73 Å². The van der Waals surface area contributed by atoms with E-state index in [1.165, 1.54) is 48.6 Å². The van der Waals surface area contributed by atoms with Gasteiger partial charge in [-0.1, -0.05) is 34.6 Å². The molecule has 0 saturated carbocycles. The molecule has 0 radical (unpaired) electrons. The van der Waals surface area contributed by atoms with Gasteiger partial charge in [-0.15, -0.1) is 5.11 Å². The maximum Gasteiger partial charge on any atom is 0.277 e. The highest BCUT2D eigenvalue weighted by Gasteiger charge is 2.22. The quantitative estimate of drug-likeness (QED) is 0.0685. The molecular formula is C22H22N10O4S. The molecule has 3 rings (SSSR count). The summed E-state index contributed by atoms with van der Waals surface area (Å²) in [7, 11) is -4.07. The monoisotopic (exact) mass is 522 g/mol. The second-order valence-electron chi connectivity index (χ2n) is 7.11. The molecule has 6 N–H and O–H groups in total. The molecule has 1 amide bonds. The predicted octanol–water partition coefficient (Wildman–Crippen LogP) is 3.28. The fourth-order valence-corrected chi connectivity index (χ4v) is 4.11. The molecule has 37 heavy (non-hydrogen) atoms. The Morgan fingerprint density at radius 1 is 1.03 bits per heavy atom. The molecule has 0 fully saturated rings. The van der Waals surface area contributed by atoms with E-state index in [-0.39, 0.29) is 17.3 Å². The van der Waals surface area contributed by atoms with Crippen molar-refractivity contribution in [1.82, 2.24) is 0 Å². The molecule has 0 unspecified atom stereocenters. The molecule has 0 aliphatic carbocycles. The van der Waals surface area contributed by atoms with E-state index in [9.17, 15) is 13.2 Å². The van der Waals surface area contributed by atoms with Gasteiger partial charge in [0, 0.05) is 11.0 Å². The van der Waals surface area contributed by atoms with Crippen LogP contribution in [0.15, 0.2) is 99.2 Å². The third kappa shape index (κ3) is 6.59. The summed E-state index contributed by atoms with van der Waals surface area (Å²) in [5.74, 6) is 16.7. The van der Waals surface area contributed by atoms with Crippen molar-refractivity contribution in [2.24, 2.45) is 33.0 Å². The first-order chi connectivity index (χ1) is 17.8. The summed E-state index contributed by atoms with van der Waals surface area (Å²) in [6.45, 7) is -0.227. The lowest BCUT2D eigenvalue weighted by molar-refractivity contribution is -0.114. The molecular weight excluding hydrogens is 500 g/mol. The van der Waals surface area contributed by atoms with Gasteiger partial charge in [-0.2, -0.15) is 8.42 Å². The lowest BCUT2D eigenvalue weighted by Crippen LogP contribution is -2.37. The van der Waals surface area contributed by atoms with Crippen molar-refractivity contribution in [3.05, 3.63) is 94.9 Å². The summed E-state index contributed by atoms with van der Waals surface area (Å²) in [5.41, 5.74) is 9.67. The molecule has 0 heterocycles. The third-order valence-electron chi connectivity index (χ3n) is 4.84. The van der Waals surface area contributed by atoms with Crippen molar-refractivity contribution in [1.29, 1.82) is 0 Å². The molecule has 3 aromatic rings. The Bertz CT molecular complexity index is 1450. The zero-order chi connectivity index (χ0) is 26.8. The Kier molecular flexibility index (Phi) is 8.75. The summed E-state index contributed by atoms with van der Waals surface area (Å²) < 4.78 is 31.5. The molecule has 15 heteroatoms. The van der Waals surface area contributed by atoms with Crippen molar-refractivity contribution < 1.29 is 17.9 Å². The number of amides is 1. The number of azide groups is 1. The van der Waals surface area contributed by atoms with E-state index < -0.39 is 15.9 Å². The molecule has 0 aromatic heterocycles. The highest BCUT2D eigenvalue weighted by molar-refractivity contribution is 7.92. The number of hydrogen-bond donors (Lipinski definition) is 3. The van der Waals surface area contributed by atoms with Crippen molar-refractivity contribution in [3.63, 3.8) is 0 Å². The minimum Gasteiger partial charge on any atom is -0.488 e. The van der Waals surface area contributed by atoms with Gasteiger partial charge in [-0.3, -0.25) is 4.79 Å². The van der Waals surface area contributed by atoms with Gasteiger partial charge in [-0.25, -0.2) is 21.1 Å². The average molecular weight is 523 g/mol. The number of sulfonamides is 1. The molecule has 0 bridgehead atoms. The number of hydrazine groups is 2. The second kappa shape index (κ2) is 12.1. The maximum atomic E-state index is 12.9. The van der Waals surface area contributed by atoms with Crippen molar-refractivity contribution in [3.8, 4) is 5.75 Å². The van der Waals surface area contributed by atoms with E-state index in [2.05, 4.69) is 20.4 Å². The summed E-state index contributed by atoms with van der Waals surface area (Å²) in [6, 6.07) is 18.1. The standard InChI is InChI=1S/C22H22N10O4S/c23-29-27-15-36-18-10-12-19(13-11-18)37(34,35)32(26)17-8-5-16(6-9-17)7-14-22(33)31(25)21-4-2-1-3-20(21)28-30-24/h1-14H,15,25-26H2,(H2,24,28)/b14-7+. The number of rotatable bonds is 10. The number of hydrogen-bond acceptors (Lipinski definition) is 9. The number of carbonyl (C=O) groups excluding carboxylic acids is 1.